The molecule has 4 aromatic heterocycles. The summed E-state index contributed by atoms with van der Waals surface area (Å²) in [6.07, 6.45) is 7.28. The van der Waals surface area contributed by atoms with Gasteiger partial charge in [0.25, 0.3) is 0 Å². The quantitative estimate of drug-likeness (QED) is 0.213. The molecule has 0 saturated carbocycles. The lowest BCUT2D eigenvalue weighted by molar-refractivity contribution is 0.669. The topological polar surface area (TPSA) is 64.7 Å². The smallest absolute Gasteiger partial charge is 0.160 e. The number of aromatic nitrogens is 4. The highest BCUT2D eigenvalue weighted by atomic mass is 16.3. The largest absolute Gasteiger partial charge is 0.456 e. The zero-order chi connectivity index (χ0) is 28.6. The van der Waals surface area contributed by atoms with E-state index in [1.54, 1.807) is 0 Å². The van der Waals surface area contributed by atoms with Gasteiger partial charge in [-0.05, 0) is 95.1 Å². The highest BCUT2D eigenvalue weighted by Crippen LogP contribution is 2.36. The molecule has 8 aromatic rings. The van der Waals surface area contributed by atoms with Crippen molar-refractivity contribution in [3.63, 3.8) is 0 Å². The second-order valence-corrected chi connectivity index (χ2v) is 10.4. The first-order chi connectivity index (χ1) is 21.3. The number of hydrogen-bond donors (Lipinski definition) is 0. The monoisotopic (exact) mass is 552 g/mol. The van der Waals surface area contributed by atoms with Crippen molar-refractivity contribution in [2.45, 2.75) is 0 Å². The molecular formula is C38H24N4O. The molecule has 4 heterocycles. The lowest BCUT2D eigenvalue weighted by Gasteiger charge is -2.13. The molecular weight excluding hydrogens is 528 g/mol. The van der Waals surface area contributed by atoms with Crippen LogP contribution in [-0.4, -0.2) is 19.9 Å². The van der Waals surface area contributed by atoms with Crippen LogP contribution in [0, 0.1) is 0 Å². The summed E-state index contributed by atoms with van der Waals surface area (Å²) in [7, 11) is 0. The van der Waals surface area contributed by atoms with Gasteiger partial charge in [0.1, 0.15) is 11.2 Å². The summed E-state index contributed by atoms with van der Waals surface area (Å²) in [5, 5.41) is 2.15. The molecule has 0 radical (unpaired) electrons. The Morgan fingerprint density at radius 1 is 0.372 bits per heavy atom. The van der Waals surface area contributed by atoms with Crippen molar-refractivity contribution in [1.29, 1.82) is 0 Å². The van der Waals surface area contributed by atoms with Crippen LogP contribution in [0.1, 0.15) is 0 Å². The van der Waals surface area contributed by atoms with E-state index in [2.05, 4.69) is 52.4 Å². The average molecular weight is 553 g/mol. The minimum atomic E-state index is 0.671. The summed E-state index contributed by atoms with van der Waals surface area (Å²) < 4.78 is 6.10. The molecule has 0 bridgehead atoms. The van der Waals surface area contributed by atoms with Gasteiger partial charge in [0.2, 0.25) is 0 Å². The fourth-order valence-corrected chi connectivity index (χ4v) is 5.54. The Balaban J connectivity index is 1.35. The Labute approximate surface area is 248 Å². The van der Waals surface area contributed by atoms with Crippen LogP contribution in [0.5, 0.6) is 0 Å². The number of pyridine rings is 2. The number of rotatable bonds is 5. The molecule has 202 valence electrons. The Hall–Kier alpha value is -5.94. The van der Waals surface area contributed by atoms with Gasteiger partial charge in [-0.2, -0.15) is 0 Å². The third kappa shape index (κ3) is 4.73. The van der Waals surface area contributed by atoms with E-state index in [9.17, 15) is 0 Å². The van der Waals surface area contributed by atoms with Crippen LogP contribution in [0.25, 0.3) is 78.1 Å². The first kappa shape index (κ1) is 24.8. The van der Waals surface area contributed by atoms with Crippen molar-refractivity contribution in [3.05, 3.63) is 146 Å². The van der Waals surface area contributed by atoms with Gasteiger partial charge in [0.15, 0.2) is 5.82 Å². The highest BCUT2D eigenvalue weighted by Gasteiger charge is 2.15. The lowest BCUT2D eigenvalue weighted by atomic mass is 9.95. The summed E-state index contributed by atoms with van der Waals surface area (Å²) in [4.78, 5) is 18.6. The molecule has 5 heteroatoms. The van der Waals surface area contributed by atoms with Gasteiger partial charge in [-0.3, -0.25) is 9.97 Å². The molecule has 0 spiro atoms. The van der Waals surface area contributed by atoms with Crippen LogP contribution < -0.4 is 0 Å². The molecule has 8 rings (SSSR count). The van der Waals surface area contributed by atoms with Gasteiger partial charge in [0.05, 0.1) is 11.4 Å². The summed E-state index contributed by atoms with van der Waals surface area (Å²) in [6, 6.07) is 41.3. The van der Waals surface area contributed by atoms with Crippen molar-refractivity contribution < 1.29 is 4.42 Å². The van der Waals surface area contributed by atoms with Crippen molar-refractivity contribution >= 4 is 21.9 Å². The number of fused-ring (bicyclic) bond motifs is 3. The zero-order valence-electron chi connectivity index (χ0n) is 23.1. The van der Waals surface area contributed by atoms with Crippen LogP contribution in [0.2, 0.25) is 0 Å². The van der Waals surface area contributed by atoms with E-state index in [1.807, 2.05) is 104 Å². The molecule has 0 amide bonds. The van der Waals surface area contributed by atoms with E-state index in [0.29, 0.717) is 5.82 Å². The molecule has 0 aliphatic heterocycles. The minimum absolute atomic E-state index is 0.671. The van der Waals surface area contributed by atoms with Gasteiger partial charge in [-0.25, -0.2) is 9.97 Å². The van der Waals surface area contributed by atoms with E-state index in [-0.39, 0.29) is 0 Å². The first-order valence-corrected chi connectivity index (χ1v) is 14.1. The standard InChI is InChI=1S/C38H24N4O/c1-2-6-27(7-3-1)38-41-34(28-10-11-37-33(23-28)32-8-4-5-9-36(32)43-37)24-35(42-38)31-21-29(25-12-16-39-17-13-25)20-30(22-31)26-14-18-40-19-15-26/h1-24H. The van der Waals surface area contributed by atoms with Crippen molar-refractivity contribution in [2.75, 3.05) is 0 Å². The average Bonchev–Trinajstić information content (AvgIpc) is 3.47. The lowest BCUT2D eigenvalue weighted by Crippen LogP contribution is -1.96. The van der Waals surface area contributed by atoms with Crippen LogP contribution in [-0.2, 0) is 0 Å². The molecule has 43 heavy (non-hydrogen) atoms. The normalized spacial score (nSPS) is 11.3. The number of hydrogen-bond acceptors (Lipinski definition) is 5. The summed E-state index contributed by atoms with van der Waals surface area (Å²) in [5.41, 5.74) is 10.7. The van der Waals surface area contributed by atoms with E-state index < -0.39 is 0 Å². The molecule has 0 atom stereocenters. The molecule has 0 aliphatic rings. The maximum Gasteiger partial charge on any atom is 0.160 e. The van der Waals surface area contributed by atoms with E-state index in [1.165, 1.54) is 0 Å². The minimum Gasteiger partial charge on any atom is -0.456 e. The van der Waals surface area contributed by atoms with Crippen molar-refractivity contribution in [3.8, 4) is 56.2 Å². The van der Waals surface area contributed by atoms with E-state index in [4.69, 9.17) is 14.4 Å². The maximum absolute atomic E-state index is 6.10. The fraction of sp³-hybridized carbons (Fsp3) is 0. The number of nitrogens with zero attached hydrogens (tertiary/aromatic N) is 4. The van der Waals surface area contributed by atoms with Gasteiger partial charge < -0.3 is 4.42 Å². The van der Waals surface area contributed by atoms with E-state index in [0.717, 1.165) is 72.3 Å². The van der Waals surface area contributed by atoms with Crippen LogP contribution in [0.15, 0.2) is 151 Å². The summed E-state index contributed by atoms with van der Waals surface area (Å²) >= 11 is 0. The van der Waals surface area contributed by atoms with Gasteiger partial charge in [-0.1, -0.05) is 48.5 Å². The Kier molecular flexibility index (Phi) is 6.05. The molecule has 0 unspecified atom stereocenters. The molecule has 0 aliphatic carbocycles. The van der Waals surface area contributed by atoms with Crippen LogP contribution in [0.3, 0.4) is 0 Å². The SMILES string of the molecule is c1ccc(-c2nc(-c3cc(-c4ccncc4)cc(-c4ccncc4)c3)cc(-c3ccc4oc5ccccc5c4c3)n2)cc1. The third-order valence-electron chi connectivity index (χ3n) is 7.69. The number of benzene rings is 4. The first-order valence-electron chi connectivity index (χ1n) is 14.1. The molecule has 4 aromatic carbocycles. The zero-order valence-corrected chi connectivity index (χ0v) is 23.1. The Morgan fingerprint density at radius 2 is 0.953 bits per heavy atom. The molecule has 0 fully saturated rings. The van der Waals surface area contributed by atoms with Gasteiger partial charge in [-0.15, -0.1) is 0 Å². The Bertz CT molecular complexity index is 2170. The molecule has 0 saturated heterocycles. The van der Waals surface area contributed by atoms with Gasteiger partial charge >= 0.3 is 0 Å². The second kappa shape index (κ2) is 10.5. The van der Waals surface area contributed by atoms with E-state index >= 15 is 0 Å². The molecule has 0 N–H and O–H groups in total. The molecule has 5 nitrogen and oxygen atoms in total. The maximum atomic E-state index is 6.10. The van der Waals surface area contributed by atoms with Crippen molar-refractivity contribution in [1.82, 2.24) is 19.9 Å². The van der Waals surface area contributed by atoms with Crippen molar-refractivity contribution in [2.24, 2.45) is 0 Å². The summed E-state index contributed by atoms with van der Waals surface area (Å²) in [5.74, 6) is 0.671. The second-order valence-electron chi connectivity index (χ2n) is 10.4. The Morgan fingerprint density at radius 3 is 1.65 bits per heavy atom. The summed E-state index contributed by atoms with van der Waals surface area (Å²) in [6.45, 7) is 0. The fourth-order valence-electron chi connectivity index (χ4n) is 5.54. The highest BCUT2D eigenvalue weighted by molar-refractivity contribution is 6.06. The van der Waals surface area contributed by atoms with Crippen LogP contribution >= 0.6 is 0 Å². The predicted octanol–water partition coefficient (Wildman–Crippen LogP) is 9.50. The van der Waals surface area contributed by atoms with Gasteiger partial charge in [0, 0.05) is 52.3 Å². The number of para-hydroxylation sites is 1. The predicted molar refractivity (Wildman–Crippen MR) is 172 cm³/mol. The van der Waals surface area contributed by atoms with Crippen LogP contribution in [0.4, 0.5) is 0 Å². The number of furan rings is 1. The third-order valence-corrected chi connectivity index (χ3v) is 7.69.